The van der Waals surface area contributed by atoms with Crippen LogP contribution in [-0.4, -0.2) is 21.7 Å². The number of hydrogen-bond acceptors (Lipinski definition) is 5. The zero-order chi connectivity index (χ0) is 12.6. The smallest absolute Gasteiger partial charge is 0.125 e. The van der Waals surface area contributed by atoms with Crippen LogP contribution in [0.15, 0.2) is 46.2 Å². The predicted octanol–water partition coefficient (Wildman–Crippen LogP) is 0.982. The molecule has 1 unspecified atom stereocenters. The molecule has 1 atom stereocenters. The van der Waals surface area contributed by atoms with Crippen LogP contribution in [0.3, 0.4) is 0 Å². The lowest BCUT2D eigenvalue weighted by molar-refractivity contribution is 0.464. The van der Waals surface area contributed by atoms with Crippen molar-refractivity contribution in [3.8, 4) is 0 Å². The molecule has 2 aromatic carbocycles. The van der Waals surface area contributed by atoms with Crippen LogP contribution in [0.4, 0.5) is 0 Å². The summed E-state index contributed by atoms with van der Waals surface area (Å²) in [5, 5.41) is 0.335. The van der Waals surface area contributed by atoms with E-state index in [1.54, 1.807) is 0 Å². The van der Waals surface area contributed by atoms with Crippen LogP contribution in [0, 0.1) is 0 Å². The van der Waals surface area contributed by atoms with Crippen molar-refractivity contribution in [1.29, 1.82) is 0 Å². The number of fused-ring (bicyclic) bond motifs is 1. The molecule has 0 N–H and O–H groups in total. The first-order valence-corrected chi connectivity index (χ1v) is 6.96. The number of benzene rings is 2. The number of hydrogen-bond donors (Lipinski definition) is 0. The third-order valence-electron chi connectivity index (χ3n) is 2.29. The molecule has 0 fully saturated rings. The van der Waals surface area contributed by atoms with Crippen LogP contribution >= 0.6 is 0 Å². The average molecular weight is 270 g/mol. The van der Waals surface area contributed by atoms with Crippen molar-refractivity contribution in [1.82, 2.24) is 0 Å². The molecule has 7 heteroatoms. The maximum atomic E-state index is 11.0. The summed E-state index contributed by atoms with van der Waals surface area (Å²) < 4.78 is 55.0. The standard InChI is InChI=1S/C10H8O5S2/c11-16(12)9-5-1-4-8-7(9)3-2-6-10(8)17(13,14)15/h1-6H,(H,11,12)(H,13,14,15)/p-2. The third-order valence-corrected chi connectivity index (χ3v) is 3.90. The molecule has 0 aliphatic carbocycles. The molecular formula is C10H6O5S2-2. The van der Waals surface area contributed by atoms with Gasteiger partial charge in [0, 0.05) is 10.3 Å². The van der Waals surface area contributed by atoms with E-state index < -0.39 is 26.1 Å². The Morgan fingerprint density at radius 2 is 1.59 bits per heavy atom. The van der Waals surface area contributed by atoms with Crippen LogP contribution in [-0.2, 0) is 21.2 Å². The fourth-order valence-electron chi connectivity index (χ4n) is 1.62. The van der Waals surface area contributed by atoms with Gasteiger partial charge >= 0.3 is 0 Å². The van der Waals surface area contributed by atoms with E-state index in [1.807, 2.05) is 0 Å². The Bertz CT molecular complexity index is 706. The molecular weight excluding hydrogens is 264 g/mol. The van der Waals surface area contributed by atoms with Crippen molar-refractivity contribution >= 4 is 32.0 Å². The van der Waals surface area contributed by atoms with Crippen LogP contribution in [0.25, 0.3) is 10.8 Å². The molecule has 0 saturated heterocycles. The lowest BCUT2D eigenvalue weighted by atomic mass is 10.1. The van der Waals surface area contributed by atoms with Crippen molar-refractivity contribution in [2.24, 2.45) is 0 Å². The Labute approximate surface area is 100 Å². The second-order valence-electron chi connectivity index (χ2n) is 3.30. The molecule has 5 nitrogen and oxygen atoms in total. The summed E-state index contributed by atoms with van der Waals surface area (Å²) in [5.41, 5.74) is 0. The van der Waals surface area contributed by atoms with Crippen LogP contribution in [0.5, 0.6) is 0 Å². The maximum absolute atomic E-state index is 11.0. The Morgan fingerprint density at radius 3 is 2.18 bits per heavy atom. The molecule has 0 amide bonds. The van der Waals surface area contributed by atoms with Crippen LogP contribution in [0.1, 0.15) is 0 Å². The molecule has 2 rings (SSSR count). The van der Waals surface area contributed by atoms with Crippen molar-refractivity contribution in [2.75, 3.05) is 0 Å². The van der Waals surface area contributed by atoms with Gasteiger partial charge in [-0.05, 0) is 28.6 Å². The van der Waals surface area contributed by atoms with Crippen molar-refractivity contribution < 1.29 is 21.7 Å². The summed E-state index contributed by atoms with van der Waals surface area (Å²) in [5.74, 6) is 0. The van der Waals surface area contributed by atoms with E-state index in [4.69, 9.17) is 0 Å². The normalized spacial score (nSPS) is 13.8. The van der Waals surface area contributed by atoms with E-state index in [0.717, 1.165) is 6.07 Å². The van der Waals surface area contributed by atoms with Crippen molar-refractivity contribution in [3.63, 3.8) is 0 Å². The van der Waals surface area contributed by atoms with Crippen molar-refractivity contribution in [2.45, 2.75) is 9.79 Å². The van der Waals surface area contributed by atoms with Gasteiger partial charge in [-0.15, -0.1) is 0 Å². The SMILES string of the molecule is O=S([O-])c1cccc2c(S(=O)(=O)[O-])cccc12. The lowest BCUT2D eigenvalue weighted by Gasteiger charge is -2.13. The Hall–Kier alpha value is -1.28. The topological polar surface area (TPSA) is 97.3 Å². The van der Waals surface area contributed by atoms with Gasteiger partial charge < -0.3 is 9.11 Å². The largest absolute Gasteiger partial charge is 0.768 e. The maximum Gasteiger partial charge on any atom is 0.125 e. The molecule has 0 aliphatic rings. The van der Waals surface area contributed by atoms with Crippen LogP contribution < -0.4 is 0 Å². The first-order chi connectivity index (χ1) is 7.91. The minimum absolute atomic E-state index is 0.0343. The molecule has 2 aromatic rings. The summed E-state index contributed by atoms with van der Waals surface area (Å²) in [6.07, 6.45) is 0. The number of rotatable bonds is 2. The third kappa shape index (κ3) is 2.22. The Morgan fingerprint density at radius 1 is 1.00 bits per heavy atom. The molecule has 0 aliphatic heterocycles. The summed E-state index contributed by atoms with van der Waals surface area (Å²) in [6, 6.07) is 8.08. The lowest BCUT2D eigenvalue weighted by Crippen LogP contribution is -2.00. The fraction of sp³-hybridized carbons (Fsp3) is 0. The molecule has 17 heavy (non-hydrogen) atoms. The van der Waals surface area contributed by atoms with Gasteiger partial charge in [-0.2, -0.15) is 0 Å². The summed E-state index contributed by atoms with van der Waals surface area (Å²) in [7, 11) is -4.62. The summed E-state index contributed by atoms with van der Waals surface area (Å²) in [6.45, 7) is 0. The first-order valence-electron chi connectivity index (χ1n) is 4.48. The molecule has 0 saturated carbocycles. The summed E-state index contributed by atoms with van der Waals surface area (Å²) >= 11 is -2.49. The highest BCUT2D eigenvalue weighted by atomic mass is 32.2. The minimum Gasteiger partial charge on any atom is -0.768 e. The molecule has 90 valence electrons. The van der Waals surface area contributed by atoms with Gasteiger partial charge in [-0.1, -0.05) is 24.3 Å². The van der Waals surface area contributed by atoms with E-state index in [1.165, 1.54) is 30.3 Å². The second-order valence-corrected chi connectivity index (χ2v) is 5.55. The molecule has 0 spiro atoms. The van der Waals surface area contributed by atoms with E-state index in [-0.39, 0.29) is 15.7 Å². The van der Waals surface area contributed by atoms with Gasteiger partial charge in [0.1, 0.15) is 10.1 Å². The highest BCUT2D eigenvalue weighted by Crippen LogP contribution is 2.26. The monoisotopic (exact) mass is 270 g/mol. The zero-order valence-corrected chi connectivity index (χ0v) is 9.95. The quantitative estimate of drug-likeness (QED) is 0.598. The highest BCUT2D eigenvalue weighted by Gasteiger charge is 2.09. The van der Waals surface area contributed by atoms with Gasteiger partial charge in [-0.3, -0.25) is 4.21 Å². The zero-order valence-electron chi connectivity index (χ0n) is 8.32. The van der Waals surface area contributed by atoms with E-state index in [2.05, 4.69) is 0 Å². The molecule has 0 aromatic heterocycles. The Balaban J connectivity index is 2.94. The van der Waals surface area contributed by atoms with E-state index in [9.17, 15) is 21.7 Å². The first kappa shape index (κ1) is 12.2. The van der Waals surface area contributed by atoms with Crippen molar-refractivity contribution in [3.05, 3.63) is 36.4 Å². The Kier molecular flexibility index (Phi) is 3.00. The van der Waals surface area contributed by atoms with Gasteiger partial charge in [-0.25, -0.2) is 8.42 Å². The van der Waals surface area contributed by atoms with Gasteiger partial charge in [0.2, 0.25) is 0 Å². The second kappa shape index (κ2) is 4.19. The van der Waals surface area contributed by atoms with Gasteiger partial charge in [0.25, 0.3) is 0 Å². The molecule has 0 radical (unpaired) electrons. The average Bonchev–Trinajstić information content (AvgIpc) is 2.26. The van der Waals surface area contributed by atoms with Crippen LogP contribution in [0.2, 0.25) is 0 Å². The van der Waals surface area contributed by atoms with E-state index in [0.29, 0.717) is 0 Å². The van der Waals surface area contributed by atoms with E-state index >= 15 is 0 Å². The van der Waals surface area contributed by atoms with Gasteiger partial charge in [0.05, 0.1) is 4.90 Å². The molecule has 0 heterocycles. The molecule has 0 bridgehead atoms. The summed E-state index contributed by atoms with van der Waals surface area (Å²) in [4.78, 5) is -0.449. The van der Waals surface area contributed by atoms with Gasteiger partial charge in [0.15, 0.2) is 0 Å². The predicted molar refractivity (Wildman–Crippen MR) is 59.1 cm³/mol. The fourth-order valence-corrected chi connectivity index (χ4v) is 2.86. The minimum atomic E-state index is -4.62. The highest BCUT2D eigenvalue weighted by molar-refractivity contribution is 7.86.